The molecule has 0 radical (unpaired) electrons. The summed E-state index contributed by atoms with van der Waals surface area (Å²) in [5.41, 5.74) is 3.97. The Labute approximate surface area is 123 Å². The van der Waals surface area contributed by atoms with E-state index in [2.05, 4.69) is 20.7 Å². The van der Waals surface area contributed by atoms with Crippen LogP contribution in [0.5, 0.6) is 0 Å². The van der Waals surface area contributed by atoms with Crippen LogP contribution in [0.3, 0.4) is 0 Å². The average molecular weight is 371 g/mol. The molecule has 0 aromatic heterocycles. The van der Waals surface area contributed by atoms with Crippen molar-refractivity contribution in [3.05, 3.63) is 28.2 Å². The van der Waals surface area contributed by atoms with Crippen molar-refractivity contribution >= 4 is 31.9 Å². The van der Waals surface area contributed by atoms with Crippen molar-refractivity contribution in [1.29, 1.82) is 0 Å². The summed E-state index contributed by atoms with van der Waals surface area (Å²) in [6, 6.07) is 1.29. The molecule has 1 aromatic rings. The van der Waals surface area contributed by atoms with Crippen LogP contribution in [0.1, 0.15) is 13.8 Å². The largest absolute Gasteiger partial charge is 0.369 e. The van der Waals surface area contributed by atoms with Gasteiger partial charge in [-0.05, 0) is 35.8 Å². The van der Waals surface area contributed by atoms with Crippen LogP contribution in [0.15, 0.2) is 21.5 Å². The predicted octanol–water partition coefficient (Wildman–Crippen LogP) is 1.52. The van der Waals surface area contributed by atoms with E-state index >= 15 is 0 Å². The Balaban J connectivity index is 3.11. The molecule has 0 aliphatic rings. The van der Waals surface area contributed by atoms with Crippen LogP contribution in [0.2, 0.25) is 0 Å². The molecule has 20 heavy (non-hydrogen) atoms. The van der Waals surface area contributed by atoms with E-state index in [0.717, 1.165) is 6.07 Å². The molecule has 1 rings (SSSR count). The van der Waals surface area contributed by atoms with Gasteiger partial charge in [0, 0.05) is 17.1 Å². The number of rotatable bonds is 5. The Morgan fingerprint density at radius 3 is 2.40 bits per heavy atom. The van der Waals surface area contributed by atoms with Crippen molar-refractivity contribution in [1.82, 2.24) is 4.72 Å². The van der Waals surface area contributed by atoms with Crippen molar-refractivity contribution in [2.75, 3.05) is 6.54 Å². The van der Waals surface area contributed by atoms with Gasteiger partial charge in [-0.25, -0.2) is 21.9 Å². The molecular formula is C11H13BrF2N2O3S. The number of hydrogen-bond donors (Lipinski definition) is 2. The van der Waals surface area contributed by atoms with Gasteiger partial charge in [0.2, 0.25) is 15.9 Å². The van der Waals surface area contributed by atoms with Crippen molar-refractivity contribution < 1.29 is 22.0 Å². The maximum Gasteiger partial charge on any atom is 0.244 e. The minimum Gasteiger partial charge on any atom is -0.369 e. The van der Waals surface area contributed by atoms with Crippen LogP contribution in [0, 0.1) is 17.0 Å². The van der Waals surface area contributed by atoms with E-state index in [1.807, 2.05) is 0 Å². The quantitative estimate of drug-likeness (QED) is 0.823. The first kappa shape index (κ1) is 17.0. The lowest BCUT2D eigenvalue weighted by molar-refractivity contribution is -0.125. The Hall–Kier alpha value is -1.06. The monoisotopic (exact) mass is 370 g/mol. The summed E-state index contributed by atoms with van der Waals surface area (Å²) in [7, 11) is -4.25. The highest BCUT2D eigenvalue weighted by Gasteiger charge is 2.30. The van der Waals surface area contributed by atoms with Crippen LogP contribution in [0.25, 0.3) is 0 Å². The molecule has 0 spiro atoms. The molecule has 0 atom stereocenters. The van der Waals surface area contributed by atoms with Crippen LogP contribution in [-0.4, -0.2) is 20.9 Å². The summed E-state index contributed by atoms with van der Waals surface area (Å²) in [4.78, 5) is 10.4. The van der Waals surface area contributed by atoms with E-state index < -0.39 is 37.9 Å². The van der Waals surface area contributed by atoms with Crippen molar-refractivity contribution in [3.63, 3.8) is 0 Å². The highest BCUT2D eigenvalue weighted by molar-refractivity contribution is 9.10. The normalized spacial score (nSPS) is 12.4. The van der Waals surface area contributed by atoms with Crippen LogP contribution < -0.4 is 10.5 Å². The molecule has 112 valence electrons. The fraction of sp³-hybridized carbons (Fsp3) is 0.364. The Morgan fingerprint density at radius 1 is 1.40 bits per heavy atom. The van der Waals surface area contributed by atoms with E-state index in [1.165, 1.54) is 13.8 Å². The van der Waals surface area contributed by atoms with Gasteiger partial charge in [0.1, 0.15) is 16.5 Å². The number of amides is 1. The molecular weight excluding hydrogens is 358 g/mol. The number of benzene rings is 1. The highest BCUT2D eigenvalue weighted by atomic mass is 79.9. The van der Waals surface area contributed by atoms with E-state index in [1.54, 1.807) is 0 Å². The molecule has 0 fully saturated rings. The number of sulfonamides is 1. The maximum atomic E-state index is 13.6. The smallest absolute Gasteiger partial charge is 0.244 e. The number of halogens is 3. The molecule has 3 N–H and O–H groups in total. The minimum atomic E-state index is -4.25. The van der Waals surface area contributed by atoms with E-state index in [9.17, 15) is 22.0 Å². The summed E-state index contributed by atoms with van der Waals surface area (Å²) in [5, 5.41) is 0. The first-order valence-corrected chi connectivity index (χ1v) is 7.69. The second-order valence-electron chi connectivity index (χ2n) is 4.77. The SMILES string of the molecule is CC(C)(CNS(=O)(=O)c1c(F)cc(F)cc1Br)C(N)=O. The van der Waals surface area contributed by atoms with Gasteiger partial charge < -0.3 is 5.73 Å². The molecule has 1 aromatic carbocycles. The van der Waals surface area contributed by atoms with Gasteiger partial charge in [0.25, 0.3) is 0 Å². The zero-order chi connectivity index (χ0) is 15.7. The Kier molecular flexibility index (Phi) is 4.88. The first-order chi connectivity index (χ1) is 8.97. The molecule has 9 heteroatoms. The third-order valence-corrected chi connectivity index (χ3v) is 4.97. The number of nitrogens with one attached hydrogen (secondary N) is 1. The van der Waals surface area contributed by atoms with Crippen LogP contribution >= 0.6 is 15.9 Å². The molecule has 0 saturated heterocycles. The van der Waals surface area contributed by atoms with Gasteiger partial charge in [-0.15, -0.1) is 0 Å². The molecule has 0 saturated carbocycles. The second-order valence-corrected chi connectivity index (χ2v) is 7.33. The molecule has 0 bridgehead atoms. The summed E-state index contributed by atoms with van der Waals surface area (Å²) in [6.07, 6.45) is 0. The number of primary amides is 1. The third-order valence-electron chi connectivity index (χ3n) is 2.60. The topological polar surface area (TPSA) is 89.3 Å². The number of carbonyl (C=O) groups is 1. The highest BCUT2D eigenvalue weighted by Crippen LogP contribution is 2.26. The molecule has 0 heterocycles. The van der Waals surface area contributed by atoms with Crippen LogP contribution in [0.4, 0.5) is 8.78 Å². The van der Waals surface area contributed by atoms with E-state index in [0.29, 0.717) is 6.07 Å². The maximum absolute atomic E-state index is 13.6. The zero-order valence-electron chi connectivity index (χ0n) is 10.7. The van der Waals surface area contributed by atoms with Gasteiger partial charge in [0.15, 0.2) is 0 Å². The lowest BCUT2D eigenvalue weighted by atomic mass is 9.93. The fourth-order valence-electron chi connectivity index (χ4n) is 1.22. The Morgan fingerprint density at radius 2 is 1.95 bits per heavy atom. The average Bonchev–Trinajstić information content (AvgIpc) is 2.24. The molecule has 1 amide bonds. The van der Waals surface area contributed by atoms with E-state index in [-0.39, 0.29) is 11.0 Å². The van der Waals surface area contributed by atoms with E-state index in [4.69, 9.17) is 5.73 Å². The molecule has 0 unspecified atom stereocenters. The summed E-state index contributed by atoms with van der Waals surface area (Å²) in [6.45, 7) is 2.57. The molecule has 5 nitrogen and oxygen atoms in total. The van der Waals surface area contributed by atoms with Crippen molar-refractivity contribution in [3.8, 4) is 0 Å². The standard InChI is InChI=1S/C11H13BrF2N2O3S/c1-11(2,10(15)17)5-16-20(18,19)9-7(12)3-6(13)4-8(9)14/h3-4,16H,5H2,1-2H3,(H2,15,17). The number of nitrogens with two attached hydrogens (primary N) is 1. The van der Waals surface area contributed by atoms with Crippen molar-refractivity contribution in [2.24, 2.45) is 11.1 Å². The van der Waals surface area contributed by atoms with Crippen molar-refractivity contribution in [2.45, 2.75) is 18.7 Å². The zero-order valence-corrected chi connectivity index (χ0v) is 13.1. The summed E-state index contributed by atoms with van der Waals surface area (Å²) in [5.74, 6) is -2.86. The fourth-order valence-corrected chi connectivity index (χ4v) is 3.59. The first-order valence-electron chi connectivity index (χ1n) is 5.41. The lowest BCUT2D eigenvalue weighted by Crippen LogP contribution is -2.42. The predicted molar refractivity (Wildman–Crippen MR) is 72.2 cm³/mol. The van der Waals surface area contributed by atoms with Gasteiger partial charge in [-0.3, -0.25) is 4.79 Å². The van der Waals surface area contributed by atoms with Gasteiger partial charge >= 0.3 is 0 Å². The van der Waals surface area contributed by atoms with Gasteiger partial charge in [-0.1, -0.05) is 0 Å². The second kappa shape index (κ2) is 5.74. The third kappa shape index (κ3) is 3.74. The van der Waals surface area contributed by atoms with Gasteiger partial charge in [-0.2, -0.15) is 0 Å². The summed E-state index contributed by atoms with van der Waals surface area (Å²) >= 11 is 2.79. The van der Waals surface area contributed by atoms with Crippen LogP contribution in [-0.2, 0) is 14.8 Å². The molecule has 0 aliphatic heterocycles. The lowest BCUT2D eigenvalue weighted by Gasteiger charge is -2.21. The summed E-state index contributed by atoms with van der Waals surface area (Å²) < 4.78 is 52.4. The Bertz CT molecular complexity index is 624. The minimum absolute atomic E-state index is 0.251. The number of hydrogen-bond acceptors (Lipinski definition) is 3. The number of carbonyl (C=O) groups excluding carboxylic acids is 1. The molecule has 0 aliphatic carbocycles. The van der Waals surface area contributed by atoms with Gasteiger partial charge in [0.05, 0.1) is 5.41 Å².